The van der Waals surface area contributed by atoms with Gasteiger partial charge in [0, 0.05) is 19.9 Å². The molecule has 0 radical (unpaired) electrons. The molecule has 0 saturated carbocycles. The quantitative estimate of drug-likeness (QED) is 0.489. The number of rotatable bonds is 9. The maximum atomic E-state index is 11.7. The van der Waals surface area contributed by atoms with E-state index in [0.717, 1.165) is 19.4 Å². The van der Waals surface area contributed by atoms with Crippen LogP contribution in [0.1, 0.15) is 30.3 Å². The molecular formula is C13H21NO3. The smallest absolute Gasteiger partial charge is 0.204 e. The number of aromatic nitrogens is 1. The molecule has 1 aromatic rings. The van der Waals surface area contributed by atoms with Crippen LogP contribution < -0.4 is 0 Å². The maximum Gasteiger partial charge on any atom is 0.204 e. The van der Waals surface area contributed by atoms with Gasteiger partial charge in [-0.2, -0.15) is 0 Å². The number of hydrogen-bond acceptors (Lipinski definition) is 3. The second kappa shape index (κ2) is 8.03. The van der Waals surface area contributed by atoms with E-state index in [4.69, 9.17) is 9.47 Å². The van der Waals surface area contributed by atoms with Gasteiger partial charge in [0.25, 0.3) is 0 Å². The summed E-state index contributed by atoms with van der Waals surface area (Å²) in [6, 6.07) is 3.64. The summed E-state index contributed by atoms with van der Waals surface area (Å²) >= 11 is 0. The van der Waals surface area contributed by atoms with E-state index in [1.54, 1.807) is 10.6 Å². The van der Waals surface area contributed by atoms with E-state index in [1.165, 1.54) is 0 Å². The maximum absolute atomic E-state index is 11.7. The largest absolute Gasteiger partial charge is 0.379 e. The van der Waals surface area contributed by atoms with Crippen LogP contribution in [0, 0.1) is 0 Å². The van der Waals surface area contributed by atoms with Gasteiger partial charge in [-0.1, -0.05) is 13.3 Å². The number of carbonyl (C=O) groups excluding carboxylic acids is 1. The summed E-state index contributed by atoms with van der Waals surface area (Å²) in [5, 5.41) is 0. The van der Waals surface area contributed by atoms with Gasteiger partial charge >= 0.3 is 0 Å². The van der Waals surface area contributed by atoms with Crippen molar-refractivity contribution in [1.82, 2.24) is 4.57 Å². The molecule has 0 N–H and O–H groups in total. The fourth-order valence-corrected chi connectivity index (χ4v) is 1.46. The molecule has 0 aliphatic heterocycles. The Morgan fingerprint density at radius 3 is 2.71 bits per heavy atom. The molecule has 0 fully saturated rings. The molecule has 0 aromatic carbocycles. The molecule has 1 aromatic heterocycles. The molecule has 1 rings (SSSR count). The summed E-state index contributed by atoms with van der Waals surface area (Å²) in [7, 11) is 1.85. The minimum absolute atomic E-state index is 0.00561. The van der Waals surface area contributed by atoms with E-state index in [0.29, 0.717) is 18.9 Å². The topological polar surface area (TPSA) is 40.5 Å². The third-order valence-electron chi connectivity index (χ3n) is 2.48. The number of aryl methyl sites for hydroxylation is 1. The van der Waals surface area contributed by atoms with E-state index >= 15 is 0 Å². The van der Waals surface area contributed by atoms with Gasteiger partial charge in [0.1, 0.15) is 6.61 Å². The second-order valence-electron chi connectivity index (χ2n) is 3.95. The van der Waals surface area contributed by atoms with Gasteiger partial charge < -0.3 is 14.0 Å². The van der Waals surface area contributed by atoms with Crippen LogP contribution in [0.15, 0.2) is 18.3 Å². The molecule has 17 heavy (non-hydrogen) atoms. The van der Waals surface area contributed by atoms with Crippen molar-refractivity contribution in [2.75, 3.05) is 26.4 Å². The van der Waals surface area contributed by atoms with Crippen molar-refractivity contribution in [3.05, 3.63) is 24.0 Å². The van der Waals surface area contributed by atoms with Crippen LogP contribution in [0.4, 0.5) is 0 Å². The lowest BCUT2D eigenvalue weighted by atomic mass is 10.3. The molecule has 0 amide bonds. The zero-order valence-electron chi connectivity index (χ0n) is 10.6. The van der Waals surface area contributed by atoms with Crippen molar-refractivity contribution in [1.29, 1.82) is 0 Å². The van der Waals surface area contributed by atoms with Gasteiger partial charge in [-0.25, -0.2) is 0 Å². The summed E-state index contributed by atoms with van der Waals surface area (Å²) < 4.78 is 12.4. The molecule has 96 valence electrons. The fraction of sp³-hybridized carbons (Fsp3) is 0.615. The Labute approximate surface area is 103 Å². The molecular weight excluding hydrogens is 218 g/mol. The first-order valence-electron chi connectivity index (χ1n) is 6.05. The average molecular weight is 239 g/mol. The number of hydrogen-bond donors (Lipinski definition) is 0. The van der Waals surface area contributed by atoms with Gasteiger partial charge in [0.05, 0.1) is 18.9 Å². The Morgan fingerprint density at radius 2 is 2.06 bits per heavy atom. The Kier molecular flexibility index (Phi) is 6.58. The Morgan fingerprint density at radius 1 is 1.29 bits per heavy atom. The summed E-state index contributed by atoms with van der Waals surface area (Å²) in [4.78, 5) is 11.7. The zero-order valence-corrected chi connectivity index (χ0v) is 10.6. The molecule has 0 bridgehead atoms. The first-order chi connectivity index (χ1) is 8.25. The molecule has 4 nitrogen and oxygen atoms in total. The minimum atomic E-state index is 0.00561. The molecule has 0 aliphatic rings. The monoisotopic (exact) mass is 239 g/mol. The summed E-state index contributed by atoms with van der Waals surface area (Å²) in [6.45, 7) is 4.04. The predicted octanol–water partition coefficient (Wildman–Crippen LogP) is 2.04. The summed E-state index contributed by atoms with van der Waals surface area (Å²) in [5.41, 5.74) is 0.678. The molecule has 0 spiro atoms. The molecule has 0 atom stereocenters. The van der Waals surface area contributed by atoms with Crippen LogP contribution in [-0.4, -0.2) is 36.8 Å². The molecule has 4 heteroatoms. The van der Waals surface area contributed by atoms with Crippen LogP contribution in [0.25, 0.3) is 0 Å². The fourth-order valence-electron chi connectivity index (χ4n) is 1.46. The molecule has 0 aliphatic carbocycles. The van der Waals surface area contributed by atoms with E-state index in [-0.39, 0.29) is 12.4 Å². The third kappa shape index (κ3) is 5.15. The minimum Gasteiger partial charge on any atom is -0.379 e. The highest BCUT2D eigenvalue weighted by molar-refractivity contribution is 5.95. The lowest BCUT2D eigenvalue weighted by molar-refractivity contribution is 0.0429. The molecule has 0 saturated heterocycles. The number of carbonyl (C=O) groups is 1. The normalized spacial score (nSPS) is 10.7. The van der Waals surface area contributed by atoms with Crippen molar-refractivity contribution in [2.24, 2.45) is 7.05 Å². The van der Waals surface area contributed by atoms with Crippen molar-refractivity contribution in [3.8, 4) is 0 Å². The zero-order chi connectivity index (χ0) is 12.5. The van der Waals surface area contributed by atoms with Crippen LogP contribution in [-0.2, 0) is 16.5 Å². The van der Waals surface area contributed by atoms with E-state index in [9.17, 15) is 4.79 Å². The van der Waals surface area contributed by atoms with Crippen LogP contribution in [0.5, 0.6) is 0 Å². The summed E-state index contributed by atoms with van der Waals surface area (Å²) in [5.74, 6) is 0.00561. The number of unbranched alkanes of at least 4 members (excludes halogenated alkanes) is 1. The lowest BCUT2D eigenvalue weighted by Gasteiger charge is -2.05. The average Bonchev–Trinajstić information content (AvgIpc) is 2.74. The Balaban J connectivity index is 2.07. The van der Waals surface area contributed by atoms with Crippen molar-refractivity contribution < 1.29 is 14.3 Å². The Hall–Kier alpha value is -1.13. The van der Waals surface area contributed by atoms with Gasteiger partial charge in [-0.05, 0) is 18.6 Å². The highest BCUT2D eigenvalue weighted by atomic mass is 16.5. The van der Waals surface area contributed by atoms with Gasteiger partial charge in [0.2, 0.25) is 5.78 Å². The SMILES string of the molecule is CCCCOCCOCC(=O)c1cccn1C. The Bertz CT molecular complexity index is 333. The van der Waals surface area contributed by atoms with Crippen molar-refractivity contribution >= 4 is 5.78 Å². The van der Waals surface area contributed by atoms with Gasteiger partial charge in [-0.3, -0.25) is 4.79 Å². The number of Topliss-reactive ketones (excluding diaryl/α,β-unsaturated/α-hetero) is 1. The van der Waals surface area contributed by atoms with Crippen molar-refractivity contribution in [3.63, 3.8) is 0 Å². The molecule has 0 unspecified atom stereocenters. The predicted molar refractivity (Wildman–Crippen MR) is 66.3 cm³/mol. The summed E-state index contributed by atoms with van der Waals surface area (Å²) in [6.07, 6.45) is 4.05. The van der Waals surface area contributed by atoms with Crippen LogP contribution >= 0.6 is 0 Å². The van der Waals surface area contributed by atoms with Crippen LogP contribution in [0.3, 0.4) is 0 Å². The first-order valence-corrected chi connectivity index (χ1v) is 6.05. The second-order valence-corrected chi connectivity index (χ2v) is 3.95. The van der Waals surface area contributed by atoms with E-state index in [2.05, 4.69) is 6.92 Å². The highest BCUT2D eigenvalue weighted by Gasteiger charge is 2.08. The van der Waals surface area contributed by atoms with Crippen molar-refractivity contribution in [2.45, 2.75) is 19.8 Å². The standard InChI is InChI=1S/C13H21NO3/c1-3-4-8-16-9-10-17-11-13(15)12-6-5-7-14(12)2/h5-7H,3-4,8-11H2,1-2H3. The van der Waals surface area contributed by atoms with Crippen LogP contribution in [0.2, 0.25) is 0 Å². The lowest BCUT2D eigenvalue weighted by Crippen LogP contribution is -2.15. The highest BCUT2D eigenvalue weighted by Crippen LogP contribution is 2.01. The first kappa shape index (κ1) is 13.9. The van der Waals surface area contributed by atoms with Gasteiger partial charge in [0.15, 0.2) is 0 Å². The number of ether oxygens (including phenoxy) is 2. The van der Waals surface area contributed by atoms with E-state index < -0.39 is 0 Å². The number of ketones is 1. The number of nitrogens with zero attached hydrogens (tertiary/aromatic N) is 1. The third-order valence-corrected chi connectivity index (χ3v) is 2.48. The van der Waals surface area contributed by atoms with E-state index in [1.807, 2.05) is 19.3 Å². The molecule has 1 heterocycles. The van der Waals surface area contributed by atoms with Gasteiger partial charge in [-0.15, -0.1) is 0 Å².